The molecule has 2 aromatic heterocycles. The van der Waals surface area contributed by atoms with Gasteiger partial charge in [-0.3, -0.25) is 9.88 Å². The number of hydrogen-bond acceptors (Lipinski definition) is 5. The molecule has 0 amide bonds. The summed E-state index contributed by atoms with van der Waals surface area (Å²) < 4.78 is 2.20. The first-order valence-electron chi connectivity index (χ1n) is 8.77. The lowest BCUT2D eigenvalue weighted by Crippen LogP contribution is -2.25. The van der Waals surface area contributed by atoms with Crippen molar-refractivity contribution >= 4 is 16.9 Å². The molecule has 0 aliphatic carbocycles. The Balaban J connectivity index is 1.61. The van der Waals surface area contributed by atoms with E-state index in [0.29, 0.717) is 6.04 Å². The quantitative estimate of drug-likeness (QED) is 0.733. The van der Waals surface area contributed by atoms with Gasteiger partial charge in [-0.15, -0.1) is 0 Å². The second kappa shape index (κ2) is 6.44. The van der Waals surface area contributed by atoms with Crippen LogP contribution in [0.4, 0.5) is 5.82 Å². The molecule has 25 heavy (non-hydrogen) atoms. The van der Waals surface area contributed by atoms with Crippen LogP contribution in [0, 0.1) is 0 Å². The minimum Gasteiger partial charge on any atom is -0.361 e. The standard InChI is InChI=1S/C19H24N6/c1-23(2)18-12-20-11-15(22-18)17-9-6-10-25(17)13-19-21-14-7-4-5-8-16(14)24(19)3/h4-5,7-8,11-12,17H,6,9-10,13H2,1-3H3/t17-/m0/s1. The van der Waals surface area contributed by atoms with E-state index < -0.39 is 0 Å². The molecule has 1 aromatic carbocycles. The Morgan fingerprint density at radius 3 is 2.80 bits per heavy atom. The third kappa shape index (κ3) is 2.98. The van der Waals surface area contributed by atoms with Gasteiger partial charge in [0, 0.05) is 21.1 Å². The SMILES string of the molecule is CN(C)c1cncc([C@@H]2CCCN2Cc2nc3ccccc3n2C)n1. The van der Waals surface area contributed by atoms with Crippen LogP contribution in [0.15, 0.2) is 36.7 Å². The van der Waals surface area contributed by atoms with E-state index in [1.165, 1.54) is 11.9 Å². The van der Waals surface area contributed by atoms with E-state index in [1.807, 2.05) is 37.5 Å². The number of nitrogens with zero attached hydrogens (tertiary/aromatic N) is 6. The molecule has 6 heteroatoms. The largest absolute Gasteiger partial charge is 0.361 e. The van der Waals surface area contributed by atoms with Gasteiger partial charge in [-0.25, -0.2) is 9.97 Å². The second-order valence-electron chi connectivity index (χ2n) is 6.90. The predicted octanol–water partition coefficient (Wildman–Crippen LogP) is 2.77. The van der Waals surface area contributed by atoms with E-state index in [0.717, 1.165) is 42.4 Å². The highest BCUT2D eigenvalue weighted by Crippen LogP contribution is 2.32. The van der Waals surface area contributed by atoms with Crippen LogP contribution >= 0.6 is 0 Å². The third-order valence-corrected chi connectivity index (χ3v) is 5.03. The Morgan fingerprint density at radius 2 is 2.00 bits per heavy atom. The van der Waals surface area contributed by atoms with Crippen molar-refractivity contribution in [3.63, 3.8) is 0 Å². The zero-order valence-electron chi connectivity index (χ0n) is 15.1. The molecule has 1 aliphatic rings. The highest BCUT2D eigenvalue weighted by atomic mass is 15.2. The molecular formula is C19H24N6. The van der Waals surface area contributed by atoms with E-state index in [-0.39, 0.29) is 0 Å². The average molecular weight is 336 g/mol. The number of hydrogen-bond donors (Lipinski definition) is 0. The summed E-state index contributed by atoms with van der Waals surface area (Å²) in [5.41, 5.74) is 3.30. The maximum absolute atomic E-state index is 4.83. The van der Waals surface area contributed by atoms with Gasteiger partial charge < -0.3 is 9.47 Å². The second-order valence-corrected chi connectivity index (χ2v) is 6.90. The fraction of sp³-hybridized carbons (Fsp3) is 0.421. The summed E-state index contributed by atoms with van der Waals surface area (Å²) in [6, 6.07) is 8.62. The van der Waals surface area contributed by atoms with Gasteiger partial charge in [0.15, 0.2) is 0 Å². The summed E-state index contributed by atoms with van der Waals surface area (Å²) in [5.74, 6) is 2.01. The van der Waals surface area contributed by atoms with Crippen molar-refractivity contribution in [2.24, 2.45) is 7.05 Å². The number of para-hydroxylation sites is 2. The molecule has 0 spiro atoms. The van der Waals surface area contributed by atoms with Crippen LogP contribution in [-0.4, -0.2) is 45.1 Å². The molecule has 0 N–H and O–H groups in total. The Labute approximate surface area is 148 Å². The molecule has 6 nitrogen and oxygen atoms in total. The molecule has 1 fully saturated rings. The van der Waals surface area contributed by atoms with Crippen LogP contribution in [0.1, 0.15) is 30.4 Å². The summed E-state index contributed by atoms with van der Waals surface area (Å²) in [4.78, 5) is 18.5. The predicted molar refractivity (Wildman–Crippen MR) is 99.5 cm³/mol. The number of benzene rings is 1. The fourth-order valence-electron chi connectivity index (χ4n) is 3.62. The molecule has 130 valence electrons. The van der Waals surface area contributed by atoms with E-state index in [1.54, 1.807) is 0 Å². The van der Waals surface area contributed by atoms with Crippen molar-refractivity contribution in [1.82, 2.24) is 24.4 Å². The smallest absolute Gasteiger partial charge is 0.146 e. The topological polar surface area (TPSA) is 50.1 Å². The molecule has 4 rings (SSSR count). The Kier molecular flexibility index (Phi) is 4.13. The highest BCUT2D eigenvalue weighted by molar-refractivity contribution is 5.75. The Morgan fingerprint density at radius 1 is 1.16 bits per heavy atom. The van der Waals surface area contributed by atoms with Gasteiger partial charge >= 0.3 is 0 Å². The number of aromatic nitrogens is 4. The van der Waals surface area contributed by atoms with Crippen molar-refractivity contribution in [2.75, 3.05) is 25.5 Å². The maximum atomic E-state index is 4.83. The fourth-order valence-corrected chi connectivity index (χ4v) is 3.62. The third-order valence-electron chi connectivity index (χ3n) is 5.03. The van der Waals surface area contributed by atoms with Crippen LogP contribution in [0.5, 0.6) is 0 Å². The van der Waals surface area contributed by atoms with Gasteiger partial charge in [0.05, 0.1) is 41.7 Å². The van der Waals surface area contributed by atoms with Crippen LogP contribution in [0.2, 0.25) is 0 Å². The molecule has 3 heterocycles. The molecule has 0 saturated carbocycles. The first-order valence-corrected chi connectivity index (χ1v) is 8.77. The zero-order chi connectivity index (χ0) is 17.4. The lowest BCUT2D eigenvalue weighted by Gasteiger charge is -2.24. The molecule has 1 atom stereocenters. The minimum absolute atomic E-state index is 0.312. The summed E-state index contributed by atoms with van der Waals surface area (Å²) in [6.07, 6.45) is 6.02. The number of likely N-dealkylation sites (tertiary alicyclic amines) is 1. The number of imidazole rings is 1. The zero-order valence-corrected chi connectivity index (χ0v) is 15.1. The summed E-state index contributed by atoms with van der Waals surface area (Å²) in [5, 5.41) is 0. The van der Waals surface area contributed by atoms with Crippen LogP contribution < -0.4 is 4.90 Å². The summed E-state index contributed by atoms with van der Waals surface area (Å²) >= 11 is 0. The molecule has 1 aliphatic heterocycles. The monoisotopic (exact) mass is 336 g/mol. The molecule has 0 radical (unpaired) electrons. The van der Waals surface area contributed by atoms with Crippen molar-refractivity contribution in [3.8, 4) is 0 Å². The van der Waals surface area contributed by atoms with Crippen molar-refractivity contribution in [3.05, 3.63) is 48.2 Å². The van der Waals surface area contributed by atoms with Crippen molar-refractivity contribution in [1.29, 1.82) is 0 Å². The maximum Gasteiger partial charge on any atom is 0.146 e. The highest BCUT2D eigenvalue weighted by Gasteiger charge is 2.29. The van der Waals surface area contributed by atoms with Crippen LogP contribution in [0.3, 0.4) is 0 Å². The summed E-state index contributed by atoms with van der Waals surface area (Å²) in [7, 11) is 6.10. The lowest BCUT2D eigenvalue weighted by molar-refractivity contribution is 0.236. The van der Waals surface area contributed by atoms with Gasteiger partial charge in [0.1, 0.15) is 11.6 Å². The number of anilines is 1. The van der Waals surface area contributed by atoms with Crippen LogP contribution in [0.25, 0.3) is 11.0 Å². The van der Waals surface area contributed by atoms with Gasteiger partial charge in [0.25, 0.3) is 0 Å². The molecule has 1 saturated heterocycles. The van der Waals surface area contributed by atoms with Gasteiger partial charge in [-0.1, -0.05) is 12.1 Å². The first kappa shape index (κ1) is 16.0. The number of fused-ring (bicyclic) bond motifs is 1. The molecule has 3 aromatic rings. The van der Waals surface area contributed by atoms with Crippen molar-refractivity contribution in [2.45, 2.75) is 25.4 Å². The molecule has 0 unspecified atom stereocenters. The Hall–Kier alpha value is -2.47. The average Bonchev–Trinajstić information content (AvgIpc) is 3.21. The normalized spacial score (nSPS) is 18.1. The van der Waals surface area contributed by atoms with E-state index in [2.05, 4.69) is 39.7 Å². The number of rotatable bonds is 4. The van der Waals surface area contributed by atoms with Gasteiger partial charge in [-0.05, 0) is 31.5 Å². The van der Waals surface area contributed by atoms with Crippen LogP contribution in [-0.2, 0) is 13.6 Å². The van der Waals surface area contributed by atoms with E-state index >= 15 is 0 Å². The lowest BCUT2D eigenvalue weighted by atomic mass is 10.1. The number of aryl methyl sites for hydroxylation is 1. The van der Waals surface area contributed by atoms with Crippen molar-refractivity contribution < 1.29 is 0 Å². The van der Waals surface area contributed by atoms with Gasteiger partial charge in [-0.2, -0.15) is 0 Å². The summed E-state index contributed by atoms with van der Waals surface area (Å²) in [6.45, 7) is 1.91. The molecular weight excluding hydrogens is 312 g/mol. The first-order chi connectivity index (χ1) is 12.1. The van der Waals surface area contributed by atoms with Gasteiger partial charge in [0.2, 0.25) is 0 Å². The van der Waals surface area contributed by atoms with E-state index in [4.69, 9.17) is 9.97 Å². The Bertz CT molecular complexity index is 885. The molecule has 0 bridgehead atoms. The minimum atomic E-state index is 0.312. The van der Waals surface area contributed by atoms with E-state index in [9.17, 15) is 0 Å².